The van der Waals surface area contributed by atoms with Gasteiger partial charge in [0.1, 0.15) is 0 Å². The number of nitrogens with one attached hydrogen (secondary N) is 1. The van der Waals surface area contributed by atoms with E-state index in [1.54, 1.807) is 35.6 Å². The highest BCUT2D eigenvalue weighted by molar-refractivity contribution is 7.93. The first-order valence-electron chi connectivity index (χ1n) is 9.37. The summed E-state index contributed by atoms with van der Waals surface area (Å²) in [4.78, 5) is 14.5. The summed E-state index contributed by atoms with van der Waals surface area (Å²) in [7, 11) is -3.30. The van der Waals surface area contributed by atoms with Gasteiger partial charge >= 0.3 is 0 Å². The summed E-state index contributed by atoms with van der Waals surface area (Å²) < 4.78 is 25.6. The first kappa shape index (κ1) is 20.7. The molecule has 2 aromatic carbocycles. The van der Waals surface area contributed by atoms with Crippen molar-refractivity contribution in [2.24, 2.45) is 0 Å². The van der Waals surface area contributed by atoms with E-state index in [2.05, 4.69) is 5.32 Å². The van der Waals surface area contributed by atoms with Crippen molar-refractivity contribution in [1.82, 2.24) is 0 Å². The first-order chi connectivity index (χ1) is 14.4. The standard InChI is InChI=1S/C22H19ClN2O3S2/c23-19-10-7-17(25-13-4-14-30(25,27)28)15-20(19)24-22(26)12-9-18-8-11-21(29-18)16-5-2-1-3-6-16/h1-3,5-12,15H,4,13-14H2,(H,24,26)/b12-9+. The summed E-state index contributed by atoms with van der Waals surface area (Å²) >= 11 is 7.79. The molecule has 1 amide bonds. The van der Waals surface area contributed by atoms with Crippen LogP contribution in [-0.4, -0.2) is 26.6 Å². The molecule has 1 saturated heterocycles. The molecule has 2 heterocycles. The lowest BCUT2D eigenvalue weighted by atomic mass is 10.2. The summed E-state index contributed by atoms with van der Waals surface area (Å²) in [6.45, 7) is 0.430. The molecule has 0 atom stereocenters. The van der Waals surface area contributed by atoms with Gasteiger partial charge in [-0.1, -0.05) is 41.9 Å². The van der Waals surface area contributed by atoms with E-state index in [1.165, 1.54) is 10.4 Å². The molecular formula is C22H19ClN2O3S2. The molecule has 1 aromatic heterocycles. The van der Waals surface area contributed by atoms with Crippen molar-refractivity contribution in [2.75, 3.05) is 21.9 Å². The van der Waals surface area contributed by atoms with Gasteiger partial charge in [0.2, 0.25) is 15.9 Å². The molecule has 1 aliphatic heterocycles. The SMILES string of the molecule is O=C(/C=C/c1ccc(-c2ccccc2)s1)Nc1cc(N2CCCS2(=O)=O)ccc1Cl. The summed E-state index contributed by atoms with van der Waals surface area (Å²) in [6, 6.07) is 18.9. The van der Waals surface area contributed by atoms with E-state index in [0.29, 0.717) is 29.4 Å². The second-order valence-corrected chi connectivity index (χ2v) is 10.3. The second-order valence-electron chi connectivity index (χ2n) is 6.80. The minimum Gasteiger partial charge on any atom is -0.321 e. The maximum absolute atomic E-state index is 12.4. The predicted molar refractivity (Wildman–Crippen MR) is 125 cm³/mol. The largest absolute Gasteiger partial charge is 0.321 e. The molecule has 30 heavy (non-hydrogen) atoms. The molecule has 0 unspecified atom stereocenters. The summed E-state index contributed by atoms with van der Waals surface area (Å²) in [5.74, 6) is -0.209. The zero-order valence-corrected chi connectivity index (χ0v) is 18.3. The molecule has 1 fully saturated rings. The topological polar surface area (TPSA) is 66.5 Å². The van der Waals surface area contributed by atoms with Crippen LogP contribution in [0.15, 0.2) is 66.7 Å². The molecule has 4 rings (SSSR count). The summed E-state index contributed by atoms with van der Waals surface area (Å²) in [6.07, 6.45) is 3.77. The smallest absolute Gasteiger partial charge is 0.248 e. The number of hydrogen-bond acceptors (Lipinski definition) is 4. The Labute approximate surface area is 184 Å². The second kappa shape index (κ2) is 8.63. The first-order valence-corrected chi connectivity index (χ1v) is 12.2. The highest BCUT2D eigenvalue weighted by Crippen LogP contribution is 2.32. The molecule has 0 saturated carbocycles. The van der Waals surface area contributed by atoms with Crippen molar-refractivity contribution in [1.29, 1.82) is 0 Å². The number of anilines is 2. The highest BCUT2D eigenvalue weighted by Gasteiger charge is 2.28. The Morgan fingerprint density at radius 2 is 1.90 bits per heavy atom. The molecule has 0 bridgehead atoms. The van der Waals surface area contributed by atoms with E-state index in [4.69, 9.17) is 11.6 Å². The molecule has 0 spiro atoms. The third kappa shape index (κ3) is 4.59. The van der Waals surface area contributed by atoms with Gasteiger partial charge in [0.25, 0.3) is 0 Å². The quantitative estimate of drug-likeness (QED) is 0.530. The third-order valence-corrected chi connectivity index (χ3v) is 7.98. The van der Waals surface area contributed by atoms with Crippen molar-refractivity contribution in [2.45, 2.75) is 6.42 Å². The lowest BCUT2D eigenvalue weighted by Crippen LogP contribution is -2.25. The average Bonchev–Trinajstić information content (AvgIpc) is 3.35. The Hall–Kier alpha value is -2.61. The van der Waals surface area contributed by atoms with Crippen molar-refractivity contribution >= 4 is 56.3 Å². The number of hydrogen-bond donors (Lipinski definition) is 1. The van der Waals surface area contributed by atoms with Crippen LogP contribution >= 0.6 is 22.9 Å². The molecule has 1 aliphatic rings. The van der Waals surface area contributed by atoms with Crippen LogP contribution in [0.2, 0.25) is 5.02 Å². The third-order valence-electron chi connectivity index (χ3n) is 4.68. The number of carbonyl (C=O) groups excluding carboxylic acids is 1. The molecule has 0 aliphatic carbocycles. The van der Waals surface area contributed by atoms with Gasteiger partial charge in [-0.3, -0.25) is 9.10 Å². The zero-order valence-electron chi connectivity index (χ0n) is 15.9. The molecule has 154 valence electrons. The number of halogens is 1. The highest BCUT2D eigenvalue weighted by atomic mass is 35.5. The fraction of sp³-hybridized carbons (Fsp3) is 0.136. The van der Waals surface area contributed by atoms with Crippen LogP contribution in [0.5, 0.6) is 0 Å². The van der Waals surface area contributed by atoms with Crippen LogP contribution in [-0.2, 0) is 14.8 Å². The number of thiophene rings is 1. The van der Waals surface area contributed by atoms with Crippen LogP contribution in [0, 0.1) is 0 Å². The zero-order chi connectivity index (χ0) is 21.1. The van der Waals surface area contributed by atoms with E-state index in [1.807, 2.05) is 42.5 Å². The van der Waals surface area contributed by atoms with E-state index in [0.717, 1.165) is 15.3 Å². The monoisotopic (exact) mass is 458 g/mol. The fourth-order valence-electron chi connectivity index (χ4n) is 3.23. The lowest BCUT2D eigenvalue weighted by molar-refractivity contribution is -0.111. The Morgan fingerprint density at radius 3 is 2.63 bits per heavy atom. The minimum atomic E-state index is -3.30. The van der Waals surface area contributed by atoms with Gasteiger partial charge in [-0.2, -0.15) is 0 Å². The molecule has 3 aromatic rings. The van der Waals surface area contributed by atoms with Crippen molar-refractivity contribution in [3.8, 4) is 10.4 Å². The minimum absolute atomic E-state index is 0.131. The summed E-state index contributed by atoms with van der Waals surface area (Å²) in [5, 5.41) is 3.08. The van der Waals surface area contributed by atoms with Gasteiger partial charge < -0.3 is 5.32 Å². The number of sulfonamides is 1. The van der Waals surface area contributed by atoms with Gasteiger partial charge in [0, 0.05) is 22.4 Å². The number of rotatable bonds is 5. The average molecular weight is 459 g/mol. The number of amides is 1. The van der Waals surface area contributed by atoms with E-state index >= 15 is 0 Å². The van der Waals surface area contributed by atoms with E-state index < -0.39 is 10.0 Å². The number of benzene rings is 2. The van der Waals surface area contributed by atoms with Gasteiger partial charge in [-0.05, 0) is 48.4 Å². The van der Waals surface area contributed by atoms with Crippen LogP contribution in [0.3, 0.4) is 0 Å². The number of nitrogens with zero attached hydrogens (tertiary/aromatic N) is 1. The molecular weight excluding hydrogens is 440 g/mol. The van der Waals surface area contributed by atoms with Crippen molar-refractivity contribution < 1.29 is 13.2 Å². The summed E-state index contributed by atoms with van der Waals surface area (Å²) in [5.41, 5.74) is 2.01. The van der Waals surface area contributed by atoms with Crippen molar-refractivity contribution in [3.05, 3.63) is 76.6 Å². The maximum atomic E-state index is 12.4. The molecule has 1 N–H and O–H groups in total. The Bertz CT molecular complexity index is 1200. The lowest BCUT2D eigenvalue weighted by Gasteiger charge is -2.18. The molecule has 8 heteroatoms. The Morgan fingerprint density at radius 1 is 1.10 bits per heavy atom. The van der Waals surface area contributed by atoms with Crippen LogP contribution in [0.4, 0.5) is 11.4 Å². The van der Waals surface area contributed by atoms with Gasteiger partial charge in [0.15, 0.2) is 0 Å². The van der Waals surface area contributed by atoms with Gasteiger partial charge in [0.05, 0.1) is 22.2 Å². The maximum Gasteiger partial charge on any atom is 0.248 e. The van der Waals surface area contributed by atoms with E-state index in [9.17, 15) is 13.2 Å². The molecule has 0 radical (unpaired) electrons. The Balaban J connectivity index is 1.47. The number of carbonyl (C=O) groups is 1. The van der Waals surface area contributed by atoms with Crippen LogP contribution in [0.1, 0.15) is 11.3 Å². The van der Waals surface area contributed by atoms with Crippen molar-refractivity contribution in [3.63, 3.8) is 0 Å². The Kier molecular flexibility index (Phi) is 5.94. The predicted octanol–water partition coefficient (Wildman–Crippen LogP) is 5.26. The van der Waals surface area contributed by atoms with Crippen LogP contribution in [0.25, 0.3) is 16.5 Å². The fourth-order valence-corrected chi connectivity index (χ4v) is 5.86. The molecule has 5 nitrogen and oxygen atoms in total. The van der Waals surface area contributed by atoms with Gasteiger partial charge in [-0.15, -0.1) is 11.3 Å². The van der Waals surface area contributed by atoms with Gasteiger partial charge in [-0.25, -0.2) is 8.42 Å². The normalized spacial score (nSPS) is 15.6. The van der Waals surface area contributed by atoms with E-state index in [-0.39, 0.29) is 11.7 Å². The van der Waals surface area contributed by atoms with Crippen LogP contribution < -0.4 is 9.62 Å².